The van der Waals surface area contributed by atoms with Crippen LogP contribution in [0.25, 0.3) is 11.5 Å². The van der Waals surface area contributed by atoms with Crippen molar-refractivity contribution in [1.82, 2.24) is 10.2 Å². The van der Waals surface area contributed by atoms with Crippen molar-refractivity contribution < 1.29 is 14.3 Å². The largest absolute Gasteiger partial charge is 0.497 e. The van der Waals surface area contributed by atoms with E-state index in [0.29, 0.717) is 16.9 Å². The number of nitrogens with zero attached hydrogens (tertiary/aromatic N) is 2. The summed E-state index contributed by atoms with van der Waals surface area (Å²) in [6, 6.07) is 15.2. The summed E-state index contributed by atoms with van der Waals surface area (Å²) < 4.78 is 10.9. The van der Waals surface area contributed by atoms with Gasteiger partial charge in [0.1, 0.15) is 5.75 Å². The van der Waals surface area contributed by atoms with Crippen molar-refractivity contribution in [2.24, 2.45) is 0 Å². The predicted octanol–water partition coefficient (Wildman–Crippen LogP) is 3.88. The van der Waals surface area contributed by atoms with E-state index in [1.165, 1.54) is 11.8 Å². The minimum atomic E-state index is -0.640. The van der Waals surface area contributed by atoms with Crippen LogP contribution < -0.4 is 4.74 Å². The molecule has 0 radical (unpaired) electrons. The smallest absolute Gasteiger partial charge is 0.276 e. The van der Waals surface area contributed by atoms with Crippen LogP contribution in [0.3, 0.4) is 0 Å². The number of aliphatic hydroxyl groups excluding tert-OH is 1. The Morgan fingerprint density at radius 2 is 2.00 bits per heavy atom. The van der Waals surface area contributed by atoms with Gasteiger partial charge in [-0.25, -0.2) is 0 Å². The quantitative estimate of drug-likeness (QED) is 0.686. The molecule has 1 N–H and O–H groups in total. The van der Waals surface area contributed by atoms with Gasteiger partial charge in [0.2, 0.25) is 5.89 Å². The standard InChI is InChI=1S/C18H18N2O3S/c1-12-6-3-4-9-15(12)17-19-20-18(23-17)24-11-16(21)13-7-5-8-14(10-13)22-2/h3-10,16,21H,11H2,1-2H3. The number of hydrogen-bond acceptors (Lipinski definition) is 6. The number of thioether (sulfide) groups is 1. The summed E-state index contributed by atoms with van der Waals surface area (Å²) in [5.41, 5.74) is 2.79. The molecular formula is C18H18N2O3S. The molecule has 0 bridgehead atoms. The molecule has 24 heavy (non-hydrogen) atoms. The van der Waals surface area contributed by atoms with E-state index in [1.807, 2.05) is 55.5 Å². The average Bonchev–Trinajstić information content (AvgIpc) is 3.09. The minimum Gasteiger partial charge on any atom is -0.497 e. The first kappa shape index (κ1) is 16.5. The van der Waals surface area contributed by atoms with Gasteiger partial charge in [0.25, 0.3) is 5.22 Å². The van der Waals surface area contributed by atoms with Crippen molar-refractivity contribution in [3.8, 4) is 17.2 Å². The lowest BCUT2D eigenvalue weighted by Crippen LogP contribution is -2.00. The zero-order valence-electron chi connectivity index (χ0n) is 13.5. The van der Waals surface area contributed by atoms with E-state index < -0.39 is 6.10 Å². The number of methoxy groups -OCH3 is 1. The summed E-state index contributed by atoms with van der Waals surface area (Å²) in [4.78, 5) is 0. The first-order chi connectivity index (χ1) is 11.7. The molecule has 0 aliphatic carbocycles. The van der Waals surface area contributed by atoms with Crippen molar-refractivity contribution in [2.75, 3.05) is 12.9 Å². The molecule has 1 aromatic heterocycles. The number of aromatic nitrogens is 2. The second-order valence-corrected chi connectivity index (χ2v) is 6.26. The molecule has 6 heteroatoms. The molecular weight excluding hydrogens is 324 g/mol. The first-order valence-corrected chi connectivity index (χ1v) is 8.50. The highest BCUT2D eigenvalue weighted by Crippen LogP contribution is 2.28. The average molecular weight is 342 g/mol. The summed E-state index contributed by atoms with van der Waals surface area (Å²) in [5, 5.41) is 18.9. The molecule has 2 aromatic carbocycles. The minimum absolute atomic E-state index is 0.419. The Bertz CT molecular complexity index is 819. The van der Waals surface area contributed by atoms with Gasteiger partial charge >= 0.3 is 0 Å². The van der Waals surface area contributed by atoms with Gasteiger partial charge < -0.3 is 14.3 Å². The van der Waals surface area contributed by atoms with Gasteiger partial charge in [-0.05, 0) is 36.2 Å². The van der Waals surface area contributed by atoms with E-state index in [0.717, 1.165) is 22.4 Å². The fourth-order valence-corrected chi connectivity index (χ4v) is 3.01. The summed E-state index contributed by atoms with van der Waals surface area (Å²) in [6.45, 7) is 2.00. The van der Waals surface area contributed by atoms with E-state index >= 15 is 0 Å². The monoisotopic (exact) mass is 342 g/mol. The number of hydrogen-bond donors (Lipinski definition) is 1. The summed E-state index contributed by atoms with van der Waals surface area (Å²) in [6.07, 6.45) is -0.640. The first-order valence-electron chi connectivity index (χ1n) is 7.51. The van der Waals surface area contributed by atoms with Crippen LogP contribution in [0.2, 0.25) is 0 Å². The second-order valence-electron chi connectivity index (χ2n) is 5.29. The highest BCUT2D eigenvalue weighted by Gasteiger charge is 2.14. The molecule has 0 spiro atoms. The molecule has 0 aliphatic rings. The van der Waals surface area contributed by atoms with Gasteiger partial charge in [-0.15, -0.1) is 10.2 Å². The SMILES string of the molecule is COc1cccc(C(O)CSc2nnc(-c3ccccc3C)o2)c1. The van der Waals surface area contributed by atoms with Crippen LogP contribution in [-0.4, -0.2) is 28.2 Å². The van der Waals surface area contributed by atoms with Gasteiger partial charge in [0.05, 0.1) is 13.2 Å². The van der Waals surface area contributed by atoms with Crippen LogP contribution in [0, 0.1) is 6.92 Å². The fraction of sp³-hybridized carbons (Fsp3) is 0.222. The third-order valence-corrected chi connectivity index (χ3v) is 4.52. The van der Waals surface area contributed by atoms with Crippen molar-refractivity contribution in [1.29, 1.82) is 0 Å². The fourth-order valence-electron chi connectivity index (χ4n) is 2.29. The number of aliphatic hydroxyl groups is 1. The third-order valence-electron chi connectivity index (χ3n) is 3.63. The maximum Gasteiger partial charge on any atom is 0.276 e. The van der Waals surface area contributed by atoms with Gasteiger partial charge in [-0.1, -0.05) is 42.1 Å². The molecule has 124 valence electrons. The van der Waals surface area contributed by atoms with Crippen molar-refractivity contribution in [3.63, 3.8) is 0 Å². The van der Waals surface area contributed by atoms with Crippen molar-refractivity contribution in [3.05, 3.63) is 59.7 Å². The van der Waals surface area contributed by atoms with E-state index in [4.69, 9.17) is 9.15 Å². The molecule has 0 amide bonds. The number of aryl methyl sites for hydroxylation is 1. The maximum absolute atomic E-state index is 10.3. The van der Waals surface area contributed by atoms with Gasteiger partial charge in [0.15, 0.2) is 0 Å². The van der Waals surface area contributed by atoms with Crippen LogP contribution in [0.4, 0.5) is 0 Å². The predicted molar refractivity (Wildman–Crippen MR) is 93.1 cm³/mol. The summed E-state index contributed by atoms with van der Waals surface area (Å²) in [5.74, 6) is 1.63. The summed E-state index contributed by atoms with van der Waals surface area (Å²) >= 11 is 1.33. The van der Waals surface area contributed by atoms with E-state index in [-0.39, 0.29) is 0 Å². The Morgan fingerprint density at radius 3 is 2.79 bits per heavy atom. The Kier molecular flexibility index (Phi) is 5.17. The molecule has 0 aliphatic heterocycles. The van der Waals surface area contributed by atoms with Gasteiger partial charge in [-0.2, -0.15) is 0 Å². The third kappa shape index (κ3) is 3.77. The zero-order valence-corrected chi connectivity index (χ0v) is 14.3. The number of ether oxygens (including phenoxy) is 1. The molecule has 0 fully saturated rings. The second kappa shape index (κ2) is 7.51. The lowest BCUT2D eigenvalue weighted by atomic mass is 10.1. The molecule has 1 atom stereocenters. The maximum atomic E-state index is 10.3. The highest BCUT2D eigenvalue weighted by atomic mass is 32.2. The van der Waals surface area contributed by atoms with Crippen LogP contribution in [0.5, 0.6) is 5.75 Å². The lowest BCUT2D eigenvalue weighted by molar-refractivity contribution is 0.203. The van der Waals surface area contributed by atoms with Crippen LogP contribution in [0.1, 0.15) is 17.2 Å². The van der Waals surface area contributed by atoms with Crippen LogP contribution in [0.15, 0.2) is 58.2 Å². The number of rotatable bonds is 6. The highest BCUT2D eigenvalue weighted by molar-refractivity contribution is 7.99. The van der Waals surface area contributed by atoms with Gasteiger partial charge in [0, 0.05) is 11.3 Å². The van der Waals surface area contributed by atoms with Crippen molar-refractivity contribution >= 4 is 11.8 Å². The van der Waals surface area contributed by atoms with Crippen LogP contribution in [-0.2, 0) is 0 Å². The zero-order chi connectivity index (χ0) is 16.9. The molecule has 1 unspecified atom stereocenters. The molecule has 1 heterocycles. The molecule has 0 saturated heterocycles. The normalized spacial score (nSPS) is 12.1. The molecule has 3 rings (SSSR count). The number of benzene rings is 2. The van der Waals surface area contributed by atoms with Gasteiger partial charge in [-0.3, -0.25) is 0 Å². The molecule has 3 aromatic rings. The van der Waals surface area contributed by atoms with E-state index in [9.17, 15) is 5.11 Å². The Hall–Kier alpha value is -2.31. The van der Waals surface area contributed by atoms with Crippen LogP contribution >= 0.6 is 11.8 Å². The lowest BCUT2D eigenvalue weighted by Gasteiger charge is -2.10. The molecule has 0 saturated carbocycles. The Balaban J connectivity index is 1.66. The topological polar surface area (TPSA) is 68.4 Å². The Labute approximate surface area is 144 Å². The van der Waals surface area contributed by atoms with Crippen molar-refractivity contribution in [2.45, 2.75) is 18.3 Å². The van der Waals surface area contributed by atoms with E-state index in [1.54, 1.807) is 7.11 Å². The van der Waals surface area contributed by atoms with E-state index in [2.05, 4.69) is 10.2 Å². The summed E-state index contributed by atoms with van der Waals surface area (Å²) in [7, 11) is 1.60. The molecule has 5 nitrogen and oxygen atoms in total. The Morgan fingerprint density at radius 1 is 1.17 bits per heavy atom.